The van der Waals surface area contributed by atoms with E-state index in [2.05, 4.69) is 11.9 Å². The summed E-state index contributed by atoms with van der Waals surface area (Å²) in [5, 5.41) is 0. The zero-order valence-corrected chi connectivity index (χ0v) is 21.4. The molecule has 3 rings (SSSR count). The fraction of sp³-hybridized carbons (Fsp3) is 0.500. The molecule has 0 radical (unpaired) electrons. The molecule has 194 valence electrons. The van der Waals surface area contributed by atoms with Crippen LogP contribution in [0.4, 0.5) is 0 Å². The van der Waals surface area contributed by atoms with E-state index in [1.54, 1.807) is 36.2 Å². The Bertz CT molecular complexity index is 1320. The van der Waals surface area contributed by atoms with Gasteiger partial charge in [0, 0.05) is 45.1 Å². The maximum atomic E-state index is 12.9. The molecule has 2 amide bonds. The van der Waals surface area contributed by atoms with Crippen molar-refractivity contribution in [3.8, 4) is 0 Å². The van der Waals surface area contributed by atoms with Gasteiger partial charge in [0.25, 0.3) is 5.56 Å². The second-order valence-corrected chi connectivity index (χ2v) is 9.13. The Morgan fingerprint density at radius 3 is 2.31 bits per heavy atom. The zero-order valence-electron chi connectivity index (χ0n) is 21.4. The van der Waals surface area contributed by atoms with Gasteiger partial charge in [0.05, 0.1) is 0 Å². The highest BCUT2D eigenvalue weighted by molar-refractivity contribution is 5.92. The number of fused-ring (bicyclic) bond motifs is 1. The van der Waals surface area contributed by atoms with Gasteiger partial charge in [0.2, 0.25) is 11.8 Å². The van der Waals surface area contributed by atoms with Crippen LogP contribution in [-0.4, -0.2) is 42.9 Å². The minimum absolute atomic E-state index is 0.0709. The molecule has 1 aromatic carbocycles. The van der Waals surface area contributed by atoms with Gasteiger partial charge in [-0.1, -0.05) is 45.2 Å². The first kappa shape index (κ1) is 26.9. The Balaban J connectivity index is 1.82. The van der Waals surface area contributed by atoms with Gasteiger partial charge in [-0.15, -0.1) is 0 Å². The van der Waals surface area contributed by atoms with Crippen LogP contribution in [0.25, 0.3) is 11.2 Å². The van der Waals surface area contributed by atoms with E-state index in [1.807, 2.05) is 11.5 Å². The van der Waals surface area contributed by atoms with Gasteiger partial charge >= 0.3 is 5.69 Å². The highest BCUT2D eigenvalue weighted by Gasteiger charge is 2.20. The number of nitrogens with one attached hydrogen (secondary N) is 1. The molecule has 0 saturated carbocycles. The van der Waals surface area contributed by atoms with Crippen LogP contribution < -0.4 is 17.0 Å². The first-order valence-electron chi connectivity index (χ1n) is 12.6. The highest BCUT2D eigenvalue weighted by Crippen LogP contribution is 2.16. The molecule has 0 aliphatic heterocycles. The predicted octanol–water partition coefficient (Wildman–Crippen LogP) is 2.57. The van der Waals surface area contributed by atoms with Gasteiger partial charge in [-0.25, -0.2) is 9.78 Å². The molecule has 0 aliphatic rings. The standard InChI is InChI=1S/C26H36N6O4/c1-4-6-8-16-31-20(28-24-22(31)25(35)29-26(36)32(24)15-7-5-2)13-14-21(33)30(3)17-18-9-11-19(12-10-18)23(27)34/h9-12H,4-8,13-17H2,1-3H3,(H2,27,34)(H,29,35,36). The second kappa shape index (κ2) is 12.3. The normalized spacial score (nSPS) is 11.2. The molecule has 0 spiro atoms. The minimum atomic E-state index is -0.494. The molecular weight excluding hydrogens is 460 g/mol. The number of primary amides is 1. The quantitative estimate of drug-likeness (QED) is 0.351. The molecule has 2 aromatic heterocycles. The Morgan fingerprint density at radius 1 is 1.00 bits per heavy atom. The number of amides is 2. The van der Waals surface area contributed by atoms with Crippen LogP contribution in [0, 0.1) is 0 Å². The molecule has 2 heterocycles. The van der Waals surface area contributed by atoms with Crippen molar-refractivity contribution < 1.29 is 9.59 Å². The van der Waals surface area contributed by atoms with E-state index in [-0.39, 0.29) is 12.3 Å². The van der Waals surface area contributed by atoms with Crippen LogP contribution in [0.1, 0.15) is 74.1 Å². The molecule has 0 saturated heterocycles. The molecule has 3 N–H and O–H groups in total. The van der Waals surface area contributed by atoms with Crippen LogP contribution in [0.5, 0.6) is 0 Å². The average molecular weight is 497 g/mol. The van der Waals surface area contributed by atoms with Crippen LogP contribution in [-0.2, 0) is 30.8 Å². The Kier molecular flexibility index (Phi) is 9.21. The van der Waals surface area contributed by atoms with Crippen molar-refractivity contribution in [3.05, 3.63) is 62.1 Å². The van der Waals surface area contributed by atoms with Crippen LogP contribution in [0.15, 0.2) is 33.9 Å². The lowest BCUT2D eigenvalue weighted by atomic mass is 10.1. The van der Waals surface area contributed by atoms with Crippen molar-refractivity contribution >= 4 is 23.0 Å². The van der Waals surface area contributed by atoms with Crippen molar-refractivity contribution in [2.24, 2.45) is 5.73 Å². The number of unbranched alkanes of at least 4 members (excludes halogenated alkanes) is 3. The van der Waals surface area contributed by atoms with Crippen molar-refractivity contribution in [2.45, 2.75) is 78.4 Å². The second-order valence-electron chi connectivity index (χ2n) is 9.13. The predicted molar refractivity (Wildman–Crippen MR) is 139 cm³/mol. The number of nitrogens with zero attached hydrogens (tertiary/aromatic N) is 4. The van der Waals surface area contributed by atoms with Gasteiger partial charge < -0.3 is 15.2 Å². The van der Waals surface area contributed by atoms with Gasteiger partial charge in [0.15, 0.2) is 11.2 Å². The smallest absolute Gasteiger partial charge is 0.330 e. The molecule has 10 heteroatoms. The summed E-state index contributed by atoms with van der Waals surface area (Å²) in [7, 11) is 1.72. The third-order valence-corrected chi connectivity index (χ3v) is 6.33. The third-order valence-electron chi connectivity index (χ3n) is 6.33. The van der Waals surface area contributed by atoms with Crippen LogP contribution in [0.3, 0.4) is 0 Å². The average Bonchev–Trinajstić information content (AvgIpc) is 3.21. The van der Waals surface area contributed by atoms with E-state index >= 15 is 0 Å². The van der Waals surface area contributed by atoms with E-state index in [0.29, 0.717) is 48.6 Å². The number of imidazole rings is 1. The Morgan fingerprint density at radius 2 is 1.67 bits per heavy atom. The largest absolute Gasteiger partial charge is 0.366 e. The first-order valence-corrected chi connectivity index (χ1v) is 12.6. The van der Waals surface area contributed by atoms with Crippen LogP contribution in [0.2, 0.25) is 0 Å². The number of carbonyl (C=O) groups excluding carboxylic acids is 2. The number of nitrogens with two attached hydrogens (primary N) is 1. The number of hydrogen-bond acceptors (Lipinski definition) is 5. The maximum absolute atomic E-state index is 12.9. The first-order chi connectivity index (χ1) is 17.3. The molecule has 3 aromatic rings. The molecule has 10 nitrogen and oxygen atoms in total. The van der Waals surface area contributed by atoms with E-state index in [1.165, 1.54) is 4.57 Å². The molecule has 0 bridgehead atoms. The SMILES string of the molecule is CCCCCn1c(CCC(=O)N(C)Cc2ccc(C(N)=O)cc2)nc2c1c(=O)[nH]c(=O)n2CCCC. The van der Waals surface area contributed by atoms with E-state index < -0.39 is 17.2 Å². The molecule has 0 atom stereocenters. The number of rotatable bonds is 13. The Labute approximate surface area is 210 Å². The van der Waals surface area contributed by atoms with Crippen LogP contribution >= 0.6 is 0 Å². The number of benzene rings is 1. The summed E-state index contributed by atoms with van der Waals surface area (Å²) in [4.78, 5) is 58.2. The summed E-state index contributed by atoms with van der Waals surface area (Å²) < 4.78 is 3.41. The van der Waals surface area contributed by atoms with Gasteiger partial charge in [0.1, 0.15) is 5.82 Å². The number of aryl methyl sites for hydroxylation is 3. The summed E-state index contributed by atoms with van der Waals surface area (Å²) in [5.74, 6) is 0.0696. The number of H-pyrrole nitrogens is 1. The Hall–Kier alpha value is -3.69. The van der Waals surface area contributed by atoms with Crippen molar-refractivity contribution in [3.63, 3.8) is 0 Å². The van der Waals surface area contributed by atoms with Gasteiger partial charge in [-0.3, -0.25) is 23.9 Å². The zero-order chi connectivity index (χ0) is 26.2. The van der Waals surface area contributed by atoms with Crippen molar-refractivity contribution in [2.75, 3.05) is 7.05 Å². The topological polar surface area (TPSA) is 136 Å². The summed E-state index contributed by atoms with van der Waals surface area (Å²) in [6.45, 7) is 5.62. The van der Waals surface area contributed by atoms with Crippen molar-refractivity contribution in [1.82, 2.24) is 24.0 Å². The summed E-state index contributed by atoms with van der Waals surface area (Å²) in [6.07, 6.45) is 5.17. The highest BCUT2D eigenvalue weighted by atomic mass is 16.2. The maximum Gasteiger partial charge on any atom is 0.330 e. The summed E-state index contributed by atoms with van der Waals surface area (Å²) in [6, 6.07) is 6.84. The van der Waals surface area contributed by atoms with Gasteiger partial charge in [-0.2, -0.15) is 0 Å². The lowest BCUT2D eigenvalue weighted by Gasteiger charge is -2.17. The van der Waals surface area contributed by atoms with E-state index in [0.717, 1.165) is 37.7 Å². The van der Waals surface area contributed by atoms with Gasteiger partial charge in [-0.05, 0) is 30.5 Å². The fourth-order valence-corrected chi connectivity index (χ4v) is 4.24. The monoisotopic (exact) mass is 496 g/mol. The van der Waals surface area contributed by atoms with E-state index in [4.69, 9.17) is 10.7 Å². The lowest BCUT2D eigenvalue weighted by molar-refractivity contribution is -0.130. The molecular formula is C26H36N6O4. The minimum Gasteiger partial charge on any atom is -0.366 e. The molecule has 0 aliphatic carbocycles. The molecule has 0 fully saturated rings. The summed E-state index contributed by atoms with van der Waals surface area (Å²) >= 11 is 0. The molecule has 0 unspecified atom stereocenters. The number of carbonyl (C=O) groups is 2. The molecule has 36 heavy (non-hydrogen) atoms. The summed E-state index contributed by atoms with van der Waals surface area (Å²) in [5.41, 5.74) is 6.47. The fourth-order valence-electron chi connectivity index (χ4n) is 4.24. The van der Waals surface area contributed by atoms with E-state index in [9.17, 15) is 19.2 Å². The number of aromatic nitrogens is 4. The van der Waals surface area contributed by atoms with Crippen molar-refractivity contribution in [1.29, 1.82) is 0 Å². The number of hydrogen-bond donors (Lipinski definition) is 2. The lowest BCUT2D eigenvalue weighted by Crippen LogP contribution is -2.31. The third kappa shape index (κ3) is 6.30. The number of aromatic amines is 1.